The Kier molecular flexibility index (Phi) is 4.79. The van der Waals surface area contributed by atoms with Crippen molar-refractivity contribution in [3.05, 3.63) is 29.8 Å². The second-order valence-corrected chi connectivity index (χ2v) is 6.64. The summed E-state index contributed by atoms with van der Waals surface area (Å²) in [4.78, 5) is 0. The number of nitrogens with one attached hydrogen (secondary N) is 1. The molecular formula is C13H21N3O2S. The molecule has 1 aromatic rings. The van der Waals surface area contributed by atoms with Crippen LogP contribution in [0.25, 0.3) is 0 Å². The monoisotopic (exact) mass is 283 g/mol. The first-order valence-corrected chi connectivity index (χ1v) is 8.11. The number of nitrogens with two attached hydrogens (primary N) is 1. The summed E-state index contributed by atoms with van der Waals surface area (Å²) in [5.74, 6) is 0. The molecule has 19 heavy (non-hydrogen) atoms. The molecule has 0 aliphatic carbocycles. The Morgan fingerprint density at radius 3 is 2.47 bits per heavy atom. The Labute approximate surface area is 115 Å². The largest absolute Gasteiger partial charge is 0.399 e. The average Bonchev–Trinajstić information content (AvgIpc) is 2.66. The second-order valence-electron chi connectivity index (χ2n) is 4.88. The molecule has 1 heterocycles. The van der Waals surface area contributed by atoms with Crippen LogP contribution < -0.4 is 10.5 Å². The first-order valence-electron chi connectivity index (χ1n) is 6.67. The predicted octanol–water partition coefficient (Wildman–Crippen LogP) is 1.48. The summed E-state index contributed by atoms with van der Waals surface area (Å²) in [7, 11) is -3.38. The molecule has 1 aliphatic heterocycles. The van der Waals surface area contributed by atoms with E-state index >= 15 is 0 Å². The van der Waals surface area contributed by atoms with Crippen molar-refractivity contribution in [3.63, 3.8) is 0 Å². The summed E-state index contributed by atoms with van der Waals surface area (Å²) in [5.41, 5.74) is 7.19. The molecule has 1 fully saturated rings. The van der Waals surface area contributed by atoms with Gasteiger partial charge in [-0.15, -0.1) is 0 Å². The highest BCUT2D eigenvalue weighted by molar-refractivity contribution is 7.87. The van der Waals surface area contributed by atoms with E-state index in [1.807, 2.05) is 12.1 Å². The van der Waals surface area contributed by atoms with Gasteiger partial charge in [0.2, 0.25) is 0 Å². The number of rotatable bonds is 4. The van der Waals surface area contributed by atoms with E-state index in [-0.39, 0.29) is 6.54 Å². The lowest BCUT2D eigenvalue weighted by atomic mass is 10.2. The lowest BCUT2D eigenvalue weighted by Crippen LogP contribution is -2.40. The molecular weight excluding hydrogens is 262 g/mol. The zero-order valence-corrected chi connectivity index (χ0v) is 11.8. The summed E-state index contributed by atoms with van der Waals surface area (Å²) < 4.78 is 28.6. The zero-order chi connectivity index (χ0) is 13.7. The SMILES string of the molecule is Nc1cccc(CNS(=O)(=O)N2CCCCCC2)c1. The number of hydrogen-bond acceptors (Lipinski definition) is 3. The molecule has 0 saturated carbocycles. The summed E-state index contributed by atoms with van der Waals surface area (Å²) in [6, 6.07) is 7.25. The van der Waals surface area contributed by atoms with E-state index in [4.69, 9.17) is 5.73 Å². The number of nitrogen functional groups attached to an aromatic ring is 1. The Morgan fingerprint density at radius 1 is 1.16 bits per heavy atom. The highest BCUT2D eigenvalue weighted by Gasteiger charge is 2.22. The van der Waals surface area contributed by atoms with Crippen molar-refractivity contribution in [2.75, 3.05) is 18.8 Å². The Hall–Kier alpha value is -1.11. The molecule has 1 aromatic carbocycles. The summed E-state index contributed by atoms with van der Waals surface area (Å²) in [5, 5.41) is 0. The van der Waals surface area contributed by atoms with Gasteiger partial charge in [-0.25, -0.2) is 0 Å². The molecule has 5 nitrogen and oxygen atoms in total. The van der Waals surface area contributed by atoms with Crippen molar-refractivity contribution in [3.8, 4) is 0 Å². The maximum Gasteiger partial charge on any atom is 0.279 e. The lowest BCUT2D eigenvalue weighted by molar-refractivity contribution is 0.414. The molecule has 2 rings (SSSR count). The fourth-order valence-corrected chi connectivity index (χ4v) is 3.52. The topological polar surface area (TPSA) is 75.4 Å². The molecule has 3 N–H and O–H groups in total. The number of hydrogen-bond donors (Lipinski definition) is 2. The Balaban J connectivity index is 1.96. The van der Waals surface area contributed by atoms with E-state index < -0.39 is 10.2 Å². The van der Waals surface area contributed by atoms with E-state index in [1.165, 1.54) is 0 Å². The summed E-state index contributed by atoms with van der Waals surface area (Å²) in [6.07, 6.45) is 4.11. The molecule has 0 unspecified atom stereocenters. The standard InChI is InChI=1S/C13H21N3O2S/c14-13-7-5-6-12(10-13)11-15-19(17,18)16-8-3-1-2-4-9-16/h5-7,10,15H,1-4,8-9,11,14H2. The second kappa shape index (κ2) is 6.36. The van der Waals surface area contributed by atoms with Crippen LogP contribution in [0.4, 0.5) is 5.69 Å². The van der Waals surface area contributed by atoms with Crippen LogP contribution in [0, 0.1) is 0 Å². The quantitative estimate of drug-likeness (QED) is 0.822. The first-order chi connectivity index (χ1) is 9.08. The van der Waals surface area contributed by atoms with Crippen molar-refractivity contribution < 1.29 is 8.42 Å². The van der Waals surface area contributed by atoms with Gasteiger partial charge in [-0.1, -0.05) is 25.0 Å². The minimum atomic E-state index is -3.38. The molecule has 106 valence electrons. The van der Waals surface area contributed by atoms with E-state index in [0.29, 0.717) is 18.8 Å². The smallest absolute Gasteiger partial charge is 0.279 e. The van der Waals surface area contributed by atoms with Gasteiger partial charge < -0.3 is 5.73 Å². The minimum Gasteiger partial charge on any atom is -0.399 e. The molecule has 0 bridgehead atoms. The lowest BCUT2D eigenvalue weighted by Gasteiger charge is -2.20. The number of benzene rings is 1. The van der Waals surface area contributed by atoms with Gasteiger partial charge in [0.25, 0.3) is 10.2 Å². The highest BCUT2D eigenvalue weighted by Crippen LogP contribution is 2.13. The average molecular weight is 283 g/mol. The van der Waals surface area contributed by atoms with Gasteiger partial charge in [0, 0.05) is 25.3 Å². The van der Waals surface area contributed by atoms with Crippen LogP contribution in [0.1, 0.15) is 31.2 Å². The van der Waals surface area contributed by atoms with Crippen LogP contribution in [0.15, 0.2) is 24.3 Å². The van der Waals surface area contributed by atoms with Gasteiger partial charge in [-0.05, 0) is 30.5 Å². The van der Waals surface area contributed by atoms with Crippen LogP contribution >= 0.6 is 0 Å². The van der Waals surface area contributed by atoms with Gasteiger partial charge in [0.15, 0.2) is 0 Å². The normalized spacial score (nSPS) is 18.1. The van der Waals surface area contributed by atoms with Crippen LogP contribution in [-0.4, -0.2) is 25.8 Å². The van der Waals surface area contributed by atoms with Crippen molar-refractivity contribution in [1.29, 1.82) is 0 Å². The maximum atomic E-state index is 12.2. The van der Waals surface area contributed by atoms with Gasteiger partial charge in [-0.3, -0.25) is 0 Å². The Bertz CT molecular complexity index is 508. The molecule has 0 radical (unpaired) electrons. The summed E-state index contributed by atoms with van der Waals surface area (Å²) >= 11 is 0. The van der Waals surface area contributed by atoms with E-state index in [2.05, 4.69) is 4.72 Å². The van der Waals surface area contributed by atoms with Gasteiger partial charge in [-0.2, -0.15) is 17.4 Å². The predicted molar refractivity (Wildman–Crippen MR) is 76.7 cm³/mol. The molecule has 1 saturated heterocycles. The minimum absolute atomic E-state index is 0.282. The van der Waals surface area contributed by atoms with Crippen molar-refractivity contribution >= 4 is 15.9 Å². The number of nitrogens with zero attached hydrogens (tertiary/aromatic N) is 1. The fraction of sp³-hybridized carbons (Fsp3) is 0.538. The van der Waals surface area contributed by atoms with E-state index in [0.717, 1.165) is 31.2 Å². The van der Waals surface area contributed by atoms with Crippen LogP contribution in [0.3, 0.4) is 0 Å². The molecule has 0 spiro atoms. The highest BCUT2D eigenvalue weighted by atomic mass is 32.2. The molecule has 0 amide bonds. The van der Waals surface area contributed by atoms with Crippen LogP contribution in [0.5, 0.6) is 0 Å². The molecule has 0 aromatic heterocycles. The fourth-order valence-electron chi connectivity index (χ4n) is 2.25. The first kappa shape index (κ1) is 14.3. The third-order valence-electron chi connectivity index (χ3n) is 3.31. The third kappa shape index (κ3) is 4.19. The third-order valence-corrected chi connectivity index (χ3v) is 4.87. The molecule has 0 atom stereocenters. The summed E-state index contributed by atoms with van der Waals surface area (Å²) in [6.45, 7) is 1.52. The molecule has 6 heteroatoms. The van der Waals surface area contributed by atoms with Crippen molar-refractivity contribution in [2.24, 2.45) is 0 Å². The Morgan fingerprint density at radius 2 is 1.84 bits per heavy atom. The van der Waals surface area contributed by atoms with Gasteiger partial charge >= 0.3 is 0 Å². The number of anilines is 1. The maximum absolute atomic E-state index is 12.2. The van der Waals surface area contributed by atoms with Crippen molar-refractivity contribution in [2.45, 2.75) is 32.2 Å². The van der Waals surface area contributed by atoms with E-state index in [1.54, 1.807) is 16.4 Å². The van der Waals surface area contributed by atoms with Crippen LogP contribution in [0.2, 0.25) is 0 Å². The van der Waals surface area contributed by atoms with Crippen LogP contribution in [-0.2, 0) is 16.8 Å². The zero-order valence-electron chi connectivity index (χ0n) is 11.0. The van der Waals surface area contributed by atoms with E-state index in [9.17, 15) is 8.42 Å². The van der Waals surface area contributed by atoms with Crippen molar-refractivity contribution in [1.82, 2.24) is 9.03 Å². The molecule has 1 aliphatic rings. The van der Waals surface area contributed by atoms with Gasteiger partial charge in [0.05, 0.1) is 0 Å². The van der Waals surface area contributed by atoms with Gasteiger partial charge in [0.1, 0.15) is 0 Å².